The van der Waals surface area contributed by atoms with Crippen LogP contribution in [0.25, 0.3) is 0 Å². The van der Waals surface area contributed by atoms with Crippen molar-refractivity contribution in [2.75, 3.05) is 19.8 Å². The number of ether oxygens (including phenoxy) is 1. The van der Waals surface area contributed by atoms with Gasteiger partial charge >= 0.3 is 0 Å². The van der Waals surface area contributed by atoms with Crippen LogP contribution in [-0.2, 0) is 4.74 Å². The molecule has 2 heteroatoms. The van der Waals surface area contributed by atoms with Crippen molar-refractivity contribution < 1.29 is 4.74 Å². The van der Waals surface area contributed by atoms with Crippen LogP contribution < -0.4 is 5.73 Å². The first-order valence-electron chi connectivity index (χ1n) is 7.12. The first-order valence-corrected chi connectivity index (χ1v) is 7.12. The Balaban J connectivity index is 3.45. The van der Waals surface area contributed by atoms with Crippen molar-refractivity contribution in [2.24, 2.45) is 11.7 Å². The Hall–Kier alpha value is -0.0800. The van der Waals surface area contributed by atoms with Crippen LogP contribution >= 0.6 is 0 Å². The second-order valence-corrected chi connectivity index (χ2v) is 4.69. The van der Waals surface area contributed by atoms with Crippen molar-refractivity contribution in [1.82, 2.24) is 0 Å². The summed E-state index contributed by atoms with van der Waals surface area (Å²) in [7, 11) is 0. The van der Waals surface area contributed by atoms with Crippen molar-refractivity contribution in [3.05, 3.63) is 0 Å². The molecule has 0 rings (SSSR count). The van der Waals surface area contributed by atoms with E-state index in [4.69, 9.17) is 10.5 Å². The zero-order valence-corrected chi connectivity index (χ0v) is 11.3. The molecule has 0 aliphatic carbocycles. The third kappa shape index (κ3) is 10.4. The summed E-state index contributed by atoms with van der Waals surface area (Å²) in [6, 6.07) is 0. The third-order valence-electron chi connectivity index (χ3n) is 3.10. The topological polar surface area (TPSA) is 35.2 Å². The molecule has 0 aromatic heterocycles. The van der Waals surface area contributed by atoms with Gasteiger partial charge in [0.2, 0.25) is 0 Å². The minimum absolute atomic E-state index is 0.648. The summed E-state index contributed by atoms with van der Waals surface area (Å²) in [5.41, 5.74) is 5.39. The van der Waals surface area contributed by atoms with Gasteiger partial charge in [0, 0.05) is 13.2 Å². The van der Waals surface area contributed by atoms with Gasteiger partial charge < -0.3 is 10.5 Å². The lowest BCUT2D eigenvalue weighted by Gasteiger charge is -2.15. The molecule has 98 valence electrons. The van der Waals surface area contributed by atoms with Crippen LogP contribution in [0, 0.1) is 5.92 Å². The lowest BCUT2D eigenvalue weighted by atomic mass is 9.93. The van der Waals surface area contributed by atoms with Gasteiger partial charge in [-0.05, 0) is 12.3 Å². The normalized spacial score (nSPS) is 12.9. The van der Waals surface area contributed by atoms with Gasteiger partial charge in [0.1, 0.15) is 0 Å². The third-order valence-corrected chi connectivity index (χ3v) is 3.10. The standard InChI is InChI=1S/C14H31NO/c1-3-5-6-7-9-14(8-4-2)10-12-16-13-11-15/h14H,3-13,15H2,1-2H3. The largest absolute Gasteiger partial charge is 0.380 e. The van der Waals surface area contributed by atoms with E-state index in [0.717, 1.165) is 12.5 Å². The number of hydrogen-bond acceptors (Lipinski definition) is 2. The van der Waals surface area contributed by atoms with Gasteiger partial charge in [-0.15, -0.1) is 0 Å². The fourth-order valence-electron chi connectivity index (χ4n) is 2.14. The lowest BCUT2D eigenvalue weighted by molar-refractivity contribution is 0.123. The lowest BCUT2D eigenvalue weighted by Crippen LogP contribution is -2.11. The molecule has 0 saturated carbocycles. The Labute approximate surface area is 102 Å². The molecule has 0 aromatic rings. The van der Waals surface area contributed by atoms with Gasteiger partial charge in [0.15, 0.2) is 0 Å². The van der Waals surface area contributed by atoms with E-state index in [2.05, 4.69) is 13.8 Å². The molecule has 0 radical (unpaired) electrons. The highest BCUT2D eigenvalue weighted by molar-refractivity contribution is 4.59. The Morgan fingerprint density at radius 2 is 1.69 bits per heavy atom. The molecular formula is C14H31NO. The van der Waals surface area contributed by atoms with E-state index < -0.39 is 0 Å². The van der Waals surface area contributed by atoms with E-state index in [1.807, 2.05) is 0 Å². The second-order valence-electron chi connectivity index (χ2n) is 4.69. The fraction of sp³-hybridized carbons (Fsp3) is 1.00. The molecular weight excluding hydrogens is 198 g/mol. The van der Waals surface area contributed by atoms with E-state index in [0.29, 0.717) is 13.2 Å². The fourth-order valence-corrected chi connectivity index (χ4v) is 2.14. The zero-order chi connectivity index (χ0) is 12.1. The minimum atomic E-state index is 0.648. The van der Waals surface area contributed by atoms with E-state index in [1.54, 1.807) is 0 Å². The quantitative estimate of drug-likeness (QED) is 0.517. The monoisotopic (exact) mass is 229 g/mol. The van der Waals surface area contributed by atoms with Crippen LogP contribution in [0.2, 0.25) is 0 Å². The Morgan fingerprint density at radius 1 is 0.875 bits per heavy atom. The first-order chi connectivity index (χ1) is 7.85. The van der Waals surface area contributed by atoms with Crippen molar-refractivity contribution in [3.63, 3.8) is 0 Å². The summed E-state index contributed by atoms with van der Waals surface area (Å²) in [6.07, 6.45) is 10.8. The van der Waals surface area contributed by atoms with Gasteiger partial charge in [-0.1, -0.05) is 58.8 Å². The van der Waals surface area contributed by atoms with Gasteiger partial charge in [-0.25, -0.2) is 0 Å². The van der Waals surface area contributed by atoms with E-state index in [-0.39, 0.29) is 0 Å². The van der Waals surface area contributed by atoms with Crippen LogP contribution in [-0.4, -0.2) is 19.8 Å². The smallest absolute Gasteiger partial charge is 0.0588 e. The summed E-state index contributed by atoms with van der Waals surface area (Å²) >= 11 is 0. The average molecular weight is 229 g/mol. The van der Waals surface area contributed by atoms with Crippen molar-refractivity contribution in [2.45, 2.75) is 65.2 Å². The zero-order valence-electron chi connectivity index (χ0n) is 11.3. The highest BCUT2D eigenvalue weighted by Gasteiger charge is 2.07. The summed E-state index contributed by atoms with van der Waals surface area (Å²) in [5.74, 6) is 0.875. The number of rotatable bonds is 12. The van der Waals surface area contributed by atoms with Gasteiger partial charge in [-0.3, -0.25) is 0 Å². The summed E-state index contributed by atoms with van der Waals surface area (Å²) in [6.45, 7) is 6.81. The Bertz CT molecular complexity index is 116. The maximum absolute atomic E-state index is 5.46. The predicted octanol–water partition coefficient (Wildman–Crippen LogP) is 3.74. The molecule has 0 heterocycles. The highest BCUT2D eigenvalue weighted by Crippen LogP contribution is 2.19. The summed E-state index contributed by atoms with van der Waals surface area (Å²) in [4.78, 5) is 0. The molecule has 1 unspecified atom stereocenters. The highest BCUT2D eigenvalue weighted by atomic mass is 16.5. The van der Waals surface area contributed by atoms with Crippen LogP contribution in [0.1, 0.15) is 65.2 Å². The molecule has 0 aliphatic heterocycles. The summed E-state index contributed by atoms with van der Waals surface area (Å²) < 4.78 is 5.46. The number of unbranched alkanes of at least 4 members (excludes halogenated alkanes) is 3. The second kappa shape index (κ2) is 13.0. The SMILES string of the molecule is CCCCCCC(CCC)CCOCCN. The molecule has 0 aliphatic rings. The Kier molecular flexibility index (Phi) is 12.9. The summed E-state index contributed by atoms with van der Waals surface area (Å²) in [5, 5.41) is 0. The minimum Gasteiger partial charge on any atom is -0.380 e. The first kappa shape index (κ1) is 15.9. The molecule has 0 spiro atoms. The molecule has 0 saturated heterocycles. The molecule has 0 amide bonds. The molecule has 2 N–H and O–H groups in total. The number of hydrogen-bond donors (Lipinski definition) is 1. The van der Waals surface area contributed by atoms with Crippen LogP contribution in [0.5, 0.6) is 0 Å². The maximum Gasteiger partial charge on any atom is 0.0588 e. The average Bonchev–Trinajstić information content (AvgIpc) is 2.30. The molecule has 16 heavy (non-hydrogen) atoms. The van der Waals surface area contributed by atoms with E-state index in [1.165, 1.54) is 51.4 Å². The van der Waals surface area contributed by atoms with Crippen LogP contribution in [0.15, 0.2) is 0 Å². The van der Waals surface area contributed by atoms with Crippen LogP contribution in [0.3, 0.4) is 0 Å². The molecule has 0 aromatic carbocycles. The molecule has 1 atom stereocenters. The van der Waals surface area contributed by atoms with Gasteiger partial charge in [-0.2, -0.15) is 0 Å². The number of nitrogens with two attached hydrogens (primary N) is 1. The van der Waals surface area contributed by atoms with Crippen molar-refractivity contribution in [3.8, 4) is 0 Å². The van der Waals surface area contributed by atoms with Gasteiger partial charge in [0.25, 0.3) is 0 Å². The van der Waals surface area contributed by atoms with Gasteiger partial charge in [0.05, 0.1) is 6.61 Å². The molecule has 0 bridgehead atoms. The predicted molar refractivity (Wildman–Crippen MR) is 71.6 cm³/mol. The van der Waals surface area contributed by atoms with Crippen LogP contribution in [0.4, 0.5) is 0 Å². The molecule has 2 nitrogen and oxygen atoms in total. The van der Waals surface area contributed by atoms with Crippen molar-refractivity contribution >= 4 is 0 Å². The van der Waals surface area contributed by atoms with E-state index >= 15 is 0 Å². The maximum atomic E-state index is 5.46. The van der Waals surface area contributed by atoms with Crippen molar-refractivity contribution in [1.29, 1.82) is 0 Å². The van der Waals surface area contributed by atoms with E-state index in [9.17, 15) is 0 Å². The molecule has 0 fully saturated rings. The Morgan fingerprint density at radius 3 is 2.31 bits per heavy atom.